The molecule has 284 valence electrons. The minimum Gasteiger partial charge on any atom is -0.508 e. The molecular weight excluding hydrogens is 703 g/mol. The van der Waals surface area contributed by atoms with Gasteiger partial charge in [-0.2, -0.15) is 0 Å². The first kappa shape index (κ1) is 43.6. The zero-order chi connectivity index (χ0) is 39.2. The molecule has 0 saturated carbocycles. The number of phenolic OH excluding ortho intramolecular Hbond substituents is 2. The van der Waals surface area contributed by atoms with Crippen molar-refractivity contribution in [3.05, 3.63) is 107 Å². The Morgan fingerprint density at radius 2 is 1.47 bits per heavy atom. The third-order valence-corrected chi connectivity index (χ3v) is 7.62. The second kappa shape index (κ2) is 23.1. The van der Waals surface area contributed by atoms with Gasteiger partial charge in [0, 0.05) is 47.2 Å². The Bertz CT molecular complexity index is 1710. The number of phenols is 2. The normalized spacial score (nSPS) is 11.8. The van der Waals surface area contributed by atoms with Gasteiger partial charge in [0.05, 0.1) is 24.8 Å². The van der Waals surface area contributed by atoms with Crippen LogP contribution >= 0.6 is 12.2 Å². The van der Waals surface area contributed by atoms with E-state index in [0.717, 1.165) is 18.6 Å². The molecule has 0 amide bonds. The molecule has 13 nitrogen and oxygen atoms in total. The van der Waals surface area contributed by atoms with Crippen molar-refractivity contribution in [1.29, 1.82) is 0 Å². The fourth-order valence-corrected chi connectivity index (χ4v) is 5.21. The molecule has 14 heteroatoms. The van der Waals surface area contributed by atoms with Crippen LogP contribution in [-0.2, 0) is 24.6 Å². The van der Waals surface area contributed by atoms with Crippen LogP contribution in [0.5, 0.6) is 28.7 Å². The standard InChI is InChI=1S/C21H13NO5S.C8H8O2.C5H13N.C4H8O3.CH5N/c23-12-2-5-16-18(8-12)26-19-9-13(24)3-6-17(19)21(16)15-4-1-11(22-10-28)7-14(15)20(25)27-21;1-10-8-4-2-7(6-9)3-5-8;1-3-4-5-6-2;1-6-2-3-7-4-5;1-2/h1-10,23-24H,(H,22,28);2-6H,1H3;6H,3-5H2,1-2H3;4H,2-3H2,1H3;2H2,1H3. The number of anilines is 1. The number of carbonyl (C=O) groups is 3. The quantitative estimate of drug-likeness (QED) is 0.0525. The van der Waals surface area contributed by atoms with Gasteiger partial charge in [-0.3, -0.25) is 9.59 Å². The smallest absolute Gasteiger partial charge is 0.340 e. The highest BCUT2D eigenvalue weighted by Crippen LogP contribution is 2.57. The van der Waals surface area contributed by atoms with Gasteiger partial charge in [-0.25, -0.2) is 4.79 Å². The van der Waals surface area contributed by atoms with Gasteiger partial charge in [-0.15, -0.1) is 0 Å². The summed E-state index contributed by atoms with van der Waals surface area (Å²) >= 11 is 4.82. The molecule has 0 aliphatic carbocycles. The summed E-state index contributed by atoms with van der Waals surface area (Å²) in [6.45, 7) is 4.58. The predicted octanol–water partition coefficient (Wildman–Crippen LogP) is 5.93. The number of aldehydes is 1. The molecule has 2 heterocycles. The van der Waals surface area contributed by atoms with Gasteiger partial charge in [0.15, 0.2) is 5.60 Å². The number of unbranched alkanes of at least 4 members (excludes halogenated alkanes) is 1. The van der Waals surface area contributed by atoms with E-state index in [9.17, 15) is 24.6 Å². The number of ether oxygens (including phenoxy) is 5. The Labute approximate surface area is 315 Å². The van der Waals surface area contributed by atoms with Crippen LogP contribution in [0.15, 0.2) is 78.9 Å². The minimum absolute atomic E-state index is 0.0163. The molecule has 0 bridgehead atoms. The van der Waals surface area contributed by atoms with Crippen molar-refractivity contribution in [3.8, 4) is 28.7 Å². The summed E-state index contributed by atoms with van der Waals surface area (Å²) in [5.74, 6) is 1.01. The van der Waals surface area contributed by atoms with Gasteiger partial charge >= 0.3 is 5.97 Å². The third-order valence-electron chi connectivity index (χ3n) is 7.50. The number of nitrogens with two attached hydrogens (primary N) is 1. The molecule has 53 heavy (non-hydrogen) atoms. The molecule has 0 aromatic heterocycles. The topological polar surface area (TPSA) is 188 Å². The summed E-state index contributed by atoms with van der Waals surface area (Å²) < 4.78 is 25.6. The molecule has 4 aromatic rings. The average Bonchev–Trinajstić information content (AvgIpc) is 3.46. The molecule has 2 aliphatic rings. The number of benzene rings is 4. The van der Waals surface area contributed by atoms with Crippen LogP contribution in [0.1, 0.15) is 57.2 Å². The van der Waals surface area contributed by atoms with Crippen molar-refractivity contribution in [3.63, 3.8) is 0 Å². The van der Waals surface area contributed by atoms with E-state index in [1.165, 1.54) is 49.6 Å². The molecule has 6 N–H and O–H groups in total. The Balaban J connectivity index is 0.000000318. The summed E-state index contributed by atoms with van der Waals surface area (Å²) in [7, 11) is 6.62. The molecule has 4 aromatic carbocycles. The van der Waals surface area contributed by atoms with E-state index in [1.54, 1.807) is 68.8 Å². The molecule has 2 aliphatic heterocycles. The number of carbonyl (C=O) groups excluding carboxylic acids is 3. The first-order chi connectivity index (χ1) is 25.7. The van der Waals surface area contributed by atoms with Gasteiger partial charge in [-0.05, 0) is 87.7 Å². The molecule has 6 rings (SSSR count). The first-order valence-corrected chi connectivity index (χ1v) is 17.0. The van der Waals surface area contributed by atoms with Crippen molar-refractivity contribution in [2.24, 2.45) is 5.73 Å². The van der Waals surface area contributed by atoms with Gasteiger partial charge in [0.25, 0.3) is 6.47 Å². The van der Waals surface area contributed by atoms with Crippen LogP contribution in [0.2, 0.25) is 0 Å². The fraction of sp³-hybridized carbons (Fsp3) is 0.282. The van der Waals surface area contributed by atoms with E-state index < -0.39 is 11.6 Å². The highest BCUT2D eigenvalue weighted by molar-refractivity contribution is 7.79. The van der Waals surface area contributed by atoms with Crippen molar-refractivity contribution >= 4 is 42.1 Å². The van der Waals surface area contributed by atoms with Crippen molar-refractivity contribution in [2.45, 2.75) is 25.4 Å². The second-order valence-corrected chi connectivity index (χ2v) is 11.1. The van der Waals surface area contributed by atoms with Crippen LogP contribution in [0.3, 0.4) is 0 Å². The summed E-state index contributed by atoms with van der Waals surface area (Å²) in [5, 5.41) is 25.8. The monoisotopic (exact) mass is 749 g/mol. The highest BCUT2D eigenvalue weighted by atomic mass is 32.1. The summed E-state index contributed by atoms with van der Waals surface area (Å²) in [5.41, 5.74) is 8.19. The first-order valence-electron chi connectivity index (χ1n) is 16.5. The largest absolute Gasteiger partial charge is 0.508 e. The van der Waals surface area contributed by atoms with E-state index in [-0.39, 0.29) is 11.5 Å². The van der Waals surface area contributed by atoms with Crippen molar-refractivity contribution in [1.82, 2.24) is 5.32 Å². The summed E-state index contributed by atoms with van der Waals surface area (Å²) in [4.78, 5) is 32.4. The van der Waals surface area contributed by atoms with Gasteiger partial charge in [0.2, 0.25) is 0 Å². The lowest BCUT2D eigenvalue weighted by Crippen LogP contribution is -2.32. The highest BCUT2D eigenvalue weighted by Gasteiger charge is 2.53. The van der Waals surface area contributed by atoms with Gasteiger partial charge in [0.1, 0.15) is 41.6 Å². The average molecular weight is 750 g/mol. The lowest BCUT2D eigenvalue weighted by molar-refractivity contribution is -0.129. The molecule has 0 fully saturated rings. The van der Waals surface area contributed by atoms with E-state index >= 15 is 0 Å². The third kappa shape index (κ3) is 11.7. The zero-order valence-corrected chi connectivity index (χ0v) is 31.2. The number of hydrogen-bond donors (Lipinski definition) is 5. The van der Waals surface area contributed by atoms with Crippen LogP contribution in [0.4, 0.5) is 5.69 Å². The number of methoxy groups -OCH3 is 2. The van der Waals surface area contributed by atoms with Crippen LogP contribution in [0, 0.1) is 0 Å². The molecule has 0 atom stereocenters. The number of aromatic hydroxyl groups is 2. The number of nitrogens with one attached hydrogen (secondary N) is 2. The maximum Gasteiger partial charge on any atom is 0.340 e. The summed E-state index contributed by atoms with van der Waals surface area (Å²) in [6, 6.07) is 21.5. The van der Waals surface area contributed by atoms with E-state index in [0.29, 0.717) is 64.7 Å². The maximum absolute atomic E-state index is 12.8. The predicted molar refractivity (Wildman–Crippen MR) is 207 cm³/mol. The number of rotatable bonds is 11. The van der Waals surface area contributed by atoms with Gasteiger partial charge in [-0.1, -0.05) is 31.6 Å². The molecular formula is C39H47N3O10S. The van der Waals surface area contributed by atoms with Gasteiger partial charge < -0.3 is 50.3 Å². The number of esters is 1. The Kier molecular flexibility index (Phi) is 19.0. The van der Waals surface area contributed by atoms with Crippen molar-refractivity contribution in [2.75, 3.05) is 53.4 Å². The Morgan fingerprint density at radius 3 is 1.94 bits per heavy atom. The Hall–Kier alpha value is -5.54. The fourth-order valence-electron chi connectivity index (χ4n) is 5.08. The van der Waals surface area contributed by atoms with Crippen LogP contribution in [0.25, 0.3) is 0 Å². The molecule has 0 saturated heterocycles. The maximum atomic E-state index is 12.8. The minimum atomic E-state index is -1.24. The van der Waals surface area contributed by atoms with Crippen LogP contribution in [-0.4, -0.2) is 82.5 Å². The lowest BCUT2D eigenvalue weighted by atomic mass is 9.77. The van der Waals surface area contributed by atoms with Crippen LogP contribution < -0.4 is 25.8 Å². The lowest BCUT2D eigenvalue weighted by Gasteiger charge is -2.36. The Morgan fingerprint density at radius 1 is 0.868 bits per heavy atom. The van der Waals surface area contributed by atoms with E-state index in [2.05, 4.69) is 32.8 Å². The zero-order valence-electron chi connectivity index (χ0n) is 30.4. The SMILES string of the molecule is CCCCNC.CN.COCCOC=O.COc1ccc(C=O)cc1.O=C1OC2(c3ccc(O)cc3Oc3cc(O)ccc32)c2ccc(NC=S)cc21. The number of hydrogen-bond acceptors (Lipinski definition) is 13. The molecule has 1 spiro atoms. The molecule has 0 radical (unpaired) electrons. The van der Waals surface area contributed by atoms with Crippen molar-refractivity contribution < 1.29 is 48.3 Å². The second-order valence-electron chi connectivity index (χ2n) is 10.9. The molecule has 0 unspecified atom stereocenters. The number of fused-ring (bicyclic) bond motifs is 6. The summed E-state index contributed by atoms with van der Waals surface area (Å²) in [6.07, 6.45) is 3.40. The number of thiocarbonyl (C=S) groups is 1. The van der Waals surface area contributed by atoms with E-state index in [1.807, 2.05) is 7.05 Å². The van der Waals surface area contributed by atoms with E-state index in [4.69, 9.17) is 26.4 Å².